The molecule has 6 aliphatic carbocycles. The molecule has 2 nitrogen and oxygen atoms in total. The Morgan fingerprint density at radius 1 is 0.667 bits per heavy atom. The van der Waals surface area contributed by atoms with Crippen molar-refractivity contribution in [1.29, 1.82) is 10.5 Å². The number of nitriles is 2. The molecule has 6 aliphatic rings. The zero-order valence-electron chi connectivity index (χ0n) is 6.36. The summed E-state index contributed by atoms with van der Waals surface area (Å²) in [7, 11) is 0. The third-order valence-electron chi connectivity index (χ3n) is 6.02. The van der Waals surface area contributed by atoms with Crippen molar-refractivity contribution in [2.24, 2.45) is 46.3 Å². The molecule has 0 spiro atoms. The van der Waals surface area contributed by atoms with Crippen LogP contribution in [0.15, 0.2) is 0 Å². The normalized spacial score (nSPS) is 86.8. The van der Waals surface area contributed by atoms with Crippen molar-refractivity contribution in [3.63, 3.8) is 0 Å². The van der Waals surface area contributed by atoms with Gasteiger partial charge in [0.1, 0.15) is 0 Å². The highest BCUT2D eigenvalue weighted by Crippen LogP contribution is 3.09. The summed E-state index contributed by atoms with van der Waals surface area (Å²) in [4.78, 5) is 0. The minimum atomic E-state index is 0.137. The van der Waals surface area contributed by atoms with Crippen LogP contribution in [0.2, 0.25) is 0 Å². The second kappa shape index (κ2) is 0.839. The van der Waals surface area contributed by atoms with Gasteiger partial charge in [0.05, 0.1) is 23.0 Å². The van der Waals surface area contributed by atoms with Crippen LogP contribution in [0.3, 0.4) is 0 Å². The standard InChI is InChI=1S/C10H6N2/c11-1-9-3-6-4(9)8-5(9)7(3)10(6,8)2-12/h3-8H/t3-,4+,5?,6?,7?,8?,9+,10+. The molecule has 0 aromatic rings. The summed E-state index contributed by atoms with van der Waals surface area (Å²) >= 11 is 0. The maximum atomic E-state index is 9.04. The highest BCUT2D eigenvalue weighted by molar-refractivity contribution is 5.61. The molecule has 0 aromatic heterocycles. The van der Waals surface area contributed by atoms with E-state index in [1.165, 1.54) is 0 Å². The quantitative estimate of drug-likeness (QED) is 0.517. The Bertz CT molecular complexity index is 340. The van der Waals surface area contributed by atoms with Crippen molar-refractivity contribution in [2.75, 3.05) is 0 Å². The summed E-state index contributed by atoms with van der Waals surface area (Å²) in [6.45, 7) is 0. The Morgan fingerprint density at radius 3 is 1.08 bits per heavy atom. The smallest absolute Gasteiger partial charge is 0.0699 e. The van der Waals surface area contributed by atoms with E-state index >= 15 is 0 Å². The molecule has 0 saturated heterocycles. The molecule has 6 fully saturated rings. The van der Waals surface area contributed by atoms with Crippen LogP contribution >= 0.6 is 0 Å². The Morgan fingerprint density at radius 2 is 0.917 bits per heavy atom. The molecule has 2 heteroatoms. The zero-order valence-corrected chi connectivity index (χ0v) is 6.36. The third-order valence-corrected chi connectivity index (χ3v) is 6.02. The monoisotopic (exact) mass is 154 g/mol. The molecule has 0 radical (unpaired) electrons. The lowest BCUT2D eigenvalue weighted by Gasteiger charge is -3.08. The SMILES string of the molecule is N#C[C@]12C3C4C1[C@@H]1C2[C@H]3[C@]41C#N. The zero-order chi connectivity index (χ0) is 7.88. The lowest BCUT2D eigenvalue weighted by Crippen LogP contribution is -3.09. The van der Waals surface area contributed by atoms with E-state index in [-0.39, 0.29) is 10.8 Å². The minimum absolute atomic E-state index is 0.137. The summed E-state index contributed by atoms with van der Waals surface area (Å²) in [6.07, 6.45) is 0. The van der Waals surface area contributed by atoms with Gasteiger partial charge in [-0.05, 0) is 35.5 Å². The molecular formula is C10H6N2. The van der Waals surface area contributed by atoms with Gasteiger partial charge < -0.3 is 0 Å². The van der Waals surface area contributed by atoms with Gasteiger partial charge in [0, 0.05) is 0 Å². The summed E-state index contributed by atoms with van der Waals surface area (Å²) in [5, 5.41) is 18.1. The highest BCUT2D eigenvalue weighted by atomic mass is 15.1. The Labute approximate surface area is 69.8 Å². The fourth-order valence-corrected chi connectivity index (χ4v) is 5.97. The van der Waals surface area contributed by atoms with Crippen LogP contribution in [0.1, 0.15) is 0 Å². The second-order valence-electron chi connectivity index (χ2n) is 5.24. The molecule has 0 aliphatic heterocycles. The lowest BCUT2D eigenvalue weighted by molar-refractivity contribution is -0.625. The minimum Gasteiger partial charge on any atom is -0.198 e. The topological polar surface area (TPSA) is 47.6 Å². The maximum absolute atomic E-state index is 9.04. The number of rotatable bonds is 0. The molecule has 0 amide bonds. The molecule has 6 saturated carbocycles. The van der Waals surface area contributed by atoms with E-state index in [2.05, 4.69) is 12.1 Å². The van der Waals surface area contributed by atoms with Crippen molar-refractivity contribution in [3.05, 3.63) is 0 Å². The van der Waals surface area contributed by atoms with Crippen molar-refractivity contribution in [3.8, 4) is 12.1 Å². The van der Waals surface area contributed by atoms with Gasteiger partial charge in [0.15, 0.2) is 0 Å². The summed E-state index contributed by atoms with van der Waals surface area (Å²) in [5.41, 5.74) is 0.275. The van der Waals surface area contributed by atoms with Crippen LogP contribution in [0, 0.1) is 69.0 Å². The van der Waals surface area contributed by atoms with Crippen molar-refractivity contribution in [2.45, 2.75) is 0 Å². The molecule has 56 valence electrons. The molecule has 0 unspecified atom stereocenters. The van der Waals surface area contributed by atoms with Crippen LogP contribution in [-0.2, 0) is 0 Å². The fourth-order valence-electron chi connectivity index (χ4n) is 5.97. The summed E-state index contributed by atoms with van der Waals surface area (Å²) in [6, 6.07) is 5.05. The molecule has 6 rings (SSSR count). The average Bonchev–Trinajstić information content (AvgIpc) is 2.17. The van der Waals surface area contributed by atoms with Gasteiger partial charge in [-0.2, -0.15) is 10.5 Å². The second-order valence-corrected chi connectivity index (χ2v) is 5.24. The van der Waals surface area contributed by atoms with Crippen LogP contribution < -0.4 is 0 Å². The van der Waals surface area contributed by atoms with Gasteiger partial charge >= 0.3 is 0 Å². The number of hydrogen-bond donors (Lipinski definition) is 0. The van der Waals surface area contributed by atoms with Gasteiger partial charge in [-0.25, -0.2) is 0 Å². The molecule has 0 bridgehead atoms. The van der Waals surface area contributed by atoms with Gasteiger partial charge in [-0.3, -0.25) is 0 Å². The molecule has 0 aromatic carbocycles. The van der Waals surface area contributed by atoms with E-state index in [0.717, 1.165) is 0 Å². The third kappa shape index (κ3) is 0.135. The first-order valence-electron chi connectivity index (χ1n) is 4.68. The van der Waals surface area contributed by atoms with Gasteiger partial charge in [0.2, 0.25) is 0 Å². The Hall–Kier alpha value is -1.02. The average molecular weight is 154 g/mol. The first-order chi connectivity index (χ1) is 5.85. The predicted molar refractivity (Wildman–Crippen MR) is 37.0 cm³/mol. The van der Waals surface area contributed by atoms with Crippen LogP contribution in [0.25, 0.3) is 0 Å². The molecular weight excluding hydrogens is 148 g/mol. The first-order valence-corrected chi connectivity index (χ1v) is 4.68. The summed E-state index contributed by atoms with van der Waals surface area (Å²) in [5.74, 6) is 4.10. The van der Waals surface area contributed by atoms with E-state index < -0.39 is 0 Å². The van der Waals surface area contributed by atoms with Crippen molar-refractivity contribution >= 4 is 0 Å². The lowest BCUT2D eigenvalue weighted by atomic mass is 8.93. The van der Waals surface area contributed by atoms with Gasteiger partial charge in [0.25, 0.3) is 0 Å². The fraction of sp³-hybridized carbons (Fsp3) is 0.800. The predicted octanol–water partition coefficient (Wildman–Crippen LogP) is 0.772. The number of hydrogen-bond acceptors (Lipinski definition) is 2. The van der Waals surface area contributed by atoms with Crippen LogP contribution in [0.4, 0.5) is 0 Å². The van der Waals surface area contributed by atoms with E-state index in [9.17, 15) is 0 Å². The van der Waals surface area contributed by atoms with E-state index in [1.54, 1.807) is 0 Å². The maximum Gasteiger partial charge on any atom is 0.0699 e. The van der Waals surface area contributed by atoms with Gasteiger partial charge in [-0.1, -0.05) is 0 Å². The number of nitrogens with zero attached hydrogens (tertiary/aromatic N) is 2. The largest absolute Gasteiger partial charge is 0.198 e. The van der Waals surface area contributed by atoms with Crippen molar-refractivity contribution < 1.29 is 0 Å². The van der Waals surface area contributed by atoms with Gasteiger partial charge in [-0.15, -0.1) is 0 Å². The molecule has 0 atom stereocenters. The van der Waals surface area contributed by atoms with E-state index in [0.29, 0.717) is 35.5 Å². The van der Waals surface area contributed by atoms with E-state index in [1.807, 2.05) is 0 Å². The Kier molecular flexibility index (Phi) is 0.341. The molecule has 0 N–H and O–H groups in total. The van der Waals surface area contributed by atoms with Crippen LogP contribution in [-0.4, -0.2) is 0 Å². The summed E-state index contributed by atoms with van der Waals surface area (Å²) < 4.78 is 0. The Balaban J connectivity index is 1.78. The molecule has 0 heterocycles. The highest BCUT2D eigenvalue weighted by Gasteiger charge is 3.11. The van der Waals surface area contributed by atoms with E-state index in [4.69, 9.17) is 10.5 Å². The molecule has 12 heavy (non-hydrogen) atoms. The van der Waals surface area contributed by atoms with Crippen molar-refractivity contribution in [1.82, 2.24) is 0 Å². The first kappa shape index (κ1) is 4.87. The van der Waals surface area contributed by atoms with Crippen LogP contribution in [0.5, 0.6) is 0 Å².